The normalized spacial score (nSPS) is 10.8. The summed E-state index contributed by atoms with van der Waals surface area (Å²) in [6.45, 7) is 5.28. The molecule has 1 aromatic heterocycles. The zero-order chi connectivity index (χ0) is 14.5. The van der Waals surface area contributed by atoms with Gasteiger partial charge >= 0.3 is 0 Å². The standard InChI is InChI=1S/C16H21BrN2O/c1-4-6-11-10-13(18-9-5-2)15-14(20-3)8-7-12(17)16(15)19-11/h7-8,10H,4-6,9H2,1-3H3,(H,18,19). The van der Waals surface area contributed by atoms with Crippen LogP contribution in [0.3, 0.4) is 0 Å². The van der Waals surface area contributed by atoms with Crippen molar-refractivity contribution < 1.29 is 4.74 Å². The zero-order valence-electron chi connectivity index (χ0n) is 12.3. The number of anilines is 1. The number of hydrogen-bond acceptors (Lipinski definition) is 3. The fraction of sp³-hybridized carbons (Fsp3) is 0.438. The van der Waals surface area contributed by atoms with Gasteiger partial charge in [0.25, 0.3) is 0 Å². The van der Waals surface area contributed by atoms with Crippen molar-refractivity contribution in [1.82, 2.24) is 4.98 Å². The first-order valence-corrected chi connectivity index (χ1v) is 7.90. The van der Waals surface area contributed by atoms with Crippen LogP contribution >= 0.6 is 15.9 Å². The van der Waals surface area contributed by atoms with Gasteiger partial charge in [-0.2, -0.15) is 0 Å². The lowest BCUT2D eigenvalue weighted by molar-refractivity contribution is 0.420. The number of ether oxygens (including phenoxy) is 1. The second-order valence-corrected chi connectivity index (χ2v) is 5.67. The van der Waals surface area contributed by atoms with E-state index in [1.165, 1.54) is 0 Å². The van der Waals surface area contributed by atoms with Gasteiger partial charge in [0.2, 0.25) is 0 Å². The molecule has 0 fully saturated rings. The minimum Gasteiger partial charge on any atom is -0.496 e. The highest BCUT2D eigenvalue weighted by molar-refractivity contribution is 9.10. The maximum absolute atomic E-state index is 5.50. The molecule has 0 spiro atoms. The molecular weight excluding hydrogens is 316 g/mol. The van der Waals surface area contributed by atoms with Crippen LogP contribution in [0.2, 0.25) is 0 Å². The van der Waals surface area contributed by atoms with Gasteiger partial charge in [-0.1, -0.05) is 20.3 Å². The lowest BCUT2D eigenvalue weighted by Gasteiger charge is -2.15. The van der Waals surface area contributed by atoms with Crippen molar-refractivity contribution in [3.8, 4) is 5.75 Å². The Balaban J connectivity index is 2.66. The van der Waals surface area contributed by atoms with Crippen molar-refractivity contribution in [2.24, 2.45) is 0 Å². The van der Waals surface area contributed by atoms with Crippen molar-refractivity contribution in [3.05, 3.63) is 28.4 Å². The van der Waals surface area contributed by atoms with Gasteiger partial charge in [-0.25, -0.2) is 0 Å². The molecule has 0 aliphatic rings. The predicted octanol–water partition coefficient (Wildman–Crippen LogP) is 4.78. The number of hydrogen-bond donors (Lipinski definition) is 1. The first-order chi connectivity index (χ1) is 9.71. The van der Waals surface area contributed by atoms with E-state index >= 15 is 0 Å². The molecular formula is C16H21BrN2O. The Morgan fingerprint density at radius 3 is 2.70 bits per heavy atom. The highest BCUT2D eigenvalue weighted by Gasteiger charge is 2.13. The van der Waals surface area contributed by atoms with Gasteiger partial charge in [0.05, 0.1) is 18.0 Å². The first-order valence-electron chi connectivity index (χ1n) is 7.11. The van der Waals surface area contributed by atoms with Crippen molar-refractivity contribution in [2.45, 2.75) is 33.1 Å². The maximum Gasteiger partial charge on any atom is 0.130 e. The van der Waals surface area contributed by atoms with Gasteiger partial charge in [0.1, 0.15) is 5.75 Å². The van der Waals surface area contributed by atoms with E-state index in [0.29, 0.717) is 0 Å². The van der Waals surface area contributed by atoms with E-state index in [2.05, 4.69) is 41.2 Å². The quantitative estimate of drug-likeness (QED) is 0.824. The van der Waals surface area contributed by atoms with Crippen LogP contribution in [0, 0.1) is 0 Å². The average Bonchev–Trinajstić information content (AvgIpc) is 2.46. The SMILES string of the molecule is CCCNc1cc(CCC)nc2c(Br)ccc(OC)c12. The summed E-state index contributed by atoms with van der Waals surface area (Å²) in [5.41, 5.74) is 3.19. The molecule has 108 valence electrons. The lowest BCUT2D eigenvalue weighted by atomic mass is 10.1. The summed E-state index contributed by atoms with van der Waals surface area (Å²) in [5, 5.41) is 4.55. The summed E-state index contributed by atoms with van der Waals surface area (Å²) >= 11 is 3.60. The van der Waals surface area contributed by atoms with E-state index < -0.39 is 0 Å². The third-order valence-electron chi connectivity index (χ3n) is 3.22. The molecule has 0 atom stereocenters. The molecule has 0 aliphatic carbocycles. The number of pyridine rings is 1. The largest absolute Gasteiger partial charge is 0.496 e. The Labute approximate surface area is 128 Å². The second kappa shape index (κ2) is 6.93. The molecule has 0 aliphatic heterocycles. The highest BCUT2D eigenvalue weighted by atomic mass is 79.9. The third kappa shape index (κ3) is 3.06. The second-order valence-electron chi connectivity index (χ2n) is 4.81. The smallest absolute Gasteiger partial charge is 0.130 e. The van der Waals surface area contributed by atoms with Crippen LogP contribution in [-0.4, -0.2) is 18.6 Å². The molecule has 0 unspecified atom stereocenters. The monoisotopic (exact) mass is 336 g/mol. The van der Waals surface area contributed by atoms with Crippen molar-refractivity contribution >= 4 is 32.5 Å². The van der Waals surface area contributed by atoms with Crippen molar-refractivity contribution in [2.75, 3.05) is 19.0 Å². The Morgan fingerprint density at radius 2 is 2.05 bits per heavy atom. The van der Waals surface area contributed by atoms with E-state index in [1.807, 2.05) is 12.1 Å². The minimum absolute atomic E-state index is 0.859. The number of halogens is 1. The molecule has 2 rings (SSSR count). The molecule has 1 aromatic carbocycles. The summed E-state index contributed by atoms with van der Waals surface area (Å²) < 4.78 is 6.51. The number of nitrogens with zero attached hydrogens (tertiary/aromatic N) is 1. The van der Waals surface area contributed by atoms with E-state index in [4.69, 9.17) is 9.72 Å². The van der Waals surface area contributed by atoms with Crippen LogP contribution in [0.1, 0.15) is 32.4 Å². The van der Waals surface area contributed by atoms with Crippen LogP contribution in [0.5, 0.6) is 5.75 Å². The van der Waals surface area contributed by atoms with Crippen LogP contribution in [0.15, 0.2) is 22.7 Å². The Kier molecular flexibility index (Phi) is 5.24. The number of rotatable bonds is 6. The molecule has 0 radical (unpaired) electrons. The zero-order valence-corrected chi connectivity index (χ0v) is 13.9. The molecule has 3 nitrogen and oxygen atoms in total. The fourth-order valence-electron chi connectivity index (χ4n) is 2.28. The highest BCUT2D eigenvalue weighted by Crippen LogP contribution is 2.36. The van der Waals surface area contributed by atoms with E-state index in [1.54, 1.807) is 7.11 Å². The van der Waals surface area contributed by atoms with Gasteiger partial charge < -0.3 is 10.1 Å². The number of benzene rings is 1. The van der Waals surface area contributed by atoms with Crippen LogP contribution in [-0.2, 0) is 6.42 Å². The van der Waals surface area contributed by atoms with E-state index in [9.17, 15) is 0 Å². The van der Waals surface area contributed by atoms with Gasteiger partial charge in [0, 0.05) is 22.4 Å². The molecule has 0 saturated heterocycles. The molecule has 4 heteroatoms. The summed E-state index contributed by atoms with van der Waals surface area (Å²) in [4.78, 5) is 4.77. The summed E-state index contributed by atoms with van der Waals surface area (Å²) in [7, 11) is 1.70. The van der Waals surface area contributed by atoms with Crippen molar-refractivity contribution in [1.29, 1.82) is 0 Å². The number of methoxy groups -OCH3 is 1. The number of nitrogens with one attached hydrogen (secondary N) is 1. The molecule has 0 bridgehead atoms. The molecule has 20 heavy (non-hydrogen) atoms. The van der Waals surface area contributed by atoms with Crippen LogP contribution < -0.4 is 10.1 Å². The van der Waals surface area contributed by atoms with Gasteiger partial charge in [0.15, 0.2) is 0 Å². The molecule has 0 amide bonds. The van der Waals surface area contributed by atoms with E-state index in [-0.39, 0.29) is 0 Å². The number of fused-ring (bicyclic) bond motifs is 1. The van der Waals surface area contributed by atoms with Gasteiger partial charge in [-0.15, -0.1) is 0 Å². The lowest BCUT2D eigenvalue weighted by Crippen LogP contribution is -2.04. The van der Waals surface area contributed by atoms with Crippen LogP contribution in [0.25, 0.3) is 10.9 Å². The summed E-state index contributed by atoms with van der Waals surface area (Å²) in [5.74, 6) is 0.859. The fourth-order valence-corrected chi connectivity index (χ4v) is 2.70. The van der Waals surface area contributed by atoms with Gasteiger partial charge in [-0.3, -0.25) is 4.98 Å². The first kappa shape index (κ1) is 15.1. The molecule has 0 saturated carbocycles. The Bertz CT molecular complexity index is 599. The summed E-state index contributed by atoms with van der Waals surface area (Å²) in [6, 6.07) is 6.12. The van der Waals surface area contributed by atoms with Gasteiger partial charge in [-0.05, 0) is 47.0 Å². The molecule has 1 N–H and O–H groups in total. The van der Waals surface area contributed by atoms with Crippen LogP contribution in [0.4, 0.5) is 5.69 Å². The number of aryl methyl sites for hydroxylation is 1. The Morgan fingerprint density at radius 1 is 1.25 bits per heavy atom. The minimum atomic E-state index is 0.859. The van der Waals surface area contributed by atoms with Crippen molar-refractivity contribution in [3.63, 3.8) is 0 Å². The average molecular weight is 337 g/mol. The molecule has 1 heterocycles. The van der Waals surface area contributed by atoms with E-state index in [0.717, 1.165) is 58.3 Å². The topological polar surface area (TPSA) is 34.2 Å². The summed E-state index contributed by atoms with van der Waals surface area (Å²) in [6.07, 6.45) is 3.16. The third-order valence-corrected chi connectivity index (χ3v) is 3.86. The Hall–Kier alpha value is -1.29. The molecule has 2 aromatic rings. The number of aromatic nitrogens is 1. The predicted molar refractivity (Wildman–Crippen MR) is 88.8 cm³/mol. The maximum atomic E-state index is 5.50.